The predicted molar refractivity (Wildman–Crippen MR) is 109 cm³/mol. The van der Waals surface area contributed by atoms with Gasteiger partial charge >= 0.3 is 0 Å². The maximum absolute atomic E-state index is 5.85. The second kappa shape index (κ2) is 7.91. The van der Waals surface area contributed by atoms with Crippen LogP contribution in [-0.2, 0) is 0 Å². The van der Waals surface area contributed by atoms with E-state index in [0.29, 0.717) is 11.5 Å². The summed E-state index contributed by atoms with van der Waals surface area (Å²) in [5.74, 6) is 7.00. The number of hydrogen-bond donors (Lipinski definition) is 3. The molecule has 0 unspecified atom stereocenters. The summed E-state index contributed by atoms with van der Waals surface area (Å²) in [5.41, 5.74) is 11.1. The molecule has 4 nitrogen and oxygen atoms in total. The number of nitrogens with zero attached hydrogens (tertiary/aromatic N) is 1. The Balaban J connectivity index is 1.89. The van der Waals surface area contributed by atoms with Crippen molar-refractivity contribution in [2.75, 3.05) is 11.1 Å². The van der Waals surface area contributed by atoms with Gasteiger partial charge in [-0.1, -0.05) is 36.8 Å². The minimum Gasteiger partial charge on any atom is -0.399 e. The first-order valence-corrected chi connectivity index (χ1v) is 8.24. The fourth-order valence-corrected chi connectivity index (χ4v) is 2.55. The van der Waals surface area contributed by atoms with Crippen LogP contribution in [0.15, 0.2) is 78.4 Å². The zero-order valence-corrected chi connectivity index (χ0v) is 14.6. The molecule has 0 bridgehead atoms. The maximum Gasteiger partial charge on any atom is 0.139 e. The van der Waals surface area contributed by atoms with Gasteiger partial charge in [-0.2, -0.15) is 0 Å². The van der Waals surface area contributed by atoms with E-state index < -0.39 is 0 Å². The molecule has 0 aliphatic carbocycles. The van der Waals surface area contributed by atoms with Gasteiger partial charge in [-0.25, -0.2) is 4.99 Å². The number of hydrogen-bond acceptors (Lipinski definition) is 2. The number of aromatic nitrogens is 1. The van der Waals surface area contributed by atoms with Crippen molar-refractivity contribution in [2.45, 2.75) is 6.92 Å². The minimum atomic E-state index is 0.687. The van der Waals surface area contributed by atoms with E-state index in [0.717, 1.165) is 28.2 Å². The zero-order valence-electron chi connectivity index (χ0n) is 14.6. The summed E-state index contributed by atoms with van der Waals surface area (Å²) in [6.45, 7) is 5.70. The van der Waals surface area contributed by atoms with Gasteiger partial charge in [0.1, 0.15) is 5.84 Å². The van der Waals surface area contributed by atoms with Gasteiger partial charge < -0.3 is 16.0 Å². The smallest absolute Gasteiger partial charge is 0.139 e. The number of H-pyrrole nitrogens is 1. The average molecular weight is 340 g/mol. The van der Waals surface area contributed by atoms with Gasteiger partial charge in [-0.15, -0.1) is 0 Å². The monoisotopic (exact) mass is 340 g/mol. The molecule has 128 valence electrons. The Hall–Kier alpha value is -3.71. The van der Waals surface area contributed by atoms with E-state index in [2.05, 4.69) is 33.7 Å². The molecule has 0 amide bonds. The van der Waals surface area contributed by atoms with Crippen LogP contribution in [0, 0.1) is 18.8 Å². The molecule has 4 heteroatoms. The van der Waals surface area contributed by atoms with E-state index in [-0.39, 0.29) is 0 Å². The number of nitrogens with two attached hydrogens (primary N) is 1. The van der Waals surface area contributed by atoms with E-state index >= 15 is 0 Å². The molecule has 2 aromatic carbocycles. The SMILES string of the molecule is C=C/N=C(/Nc1cccc(N)c1)c1cc(C#Cc2ccccc2)[nH]c1C. The summed E-state index contributed by atoms with van der Waals surface area (Å²) in [7, 11) is 0. The lowest BCUT2D eigenvalue weighted by Gasteiger charge is -2.09. The molecule has 3 aromatic rings. The lowest BCUT2D eigenvalue weighted by atomic mass is 10.2. The van der Waals surface area contributed by atoms with E-state index in [1.54, 1.807) is 0 Å². The van der Waals surface area contributed by atoms with E-state index in [1.807, 2.05) is 67.6 Å². The third kappa shape index (κ3) is 4.22. The normalized spacial score (nSPS) is 10.7. The van der Waals surface area contributed by atoms with Crippen LogP contribution in [0.25, 0.3) is 0 Å². The fraction of sp³-hybridized carbons (Fsp3) is 0.0455. The molecule has 26 heavy (non-hydrogen) atoms. The molecule has 1 aromatic heterocycles. The van der Waals surface area contributed by atoms with Crippen molar-refractivity contribution in [3.8, 4) is 11.8 Å². The number of nitrogen functional groups attached to an aromatic ring is 1. The number of aromatic amines is 1. The van der Waals surface area contributed by atoms with Gasteiger partial charge in [0.15, 0.2) is 0 Å². The number of amidine groups is 1. The molecule has 0 saturated heterocycles. The molecule has 0 atom stereocenters. The Morgan fingerprint density at radius 1 is 1.12 bits per heavy atom. The quantitative estimate of drug-likeness (QED) is 0.288. The molecule has 0 radical (unpaired) electrons. The third-order valence-electron chi connectivity index (χ3n) is 3.76. The van der Waals surface area contributed by atoms with E-state index in [1.165, 1.54) is 6.20 Å². The molecular formula is C22H20N4. The van der Waals surface area contributed by atoms with Gasteiger partial charge in [0.2, 0.25) is 0 Å². The Kier molecular flexibility index (Phi) is 5.21. The lowest BCUT2D eigenvalue weighted by molar-refractivity contribution is 1.23. The van der Waals surface area contributed by atoms with Crippen LogP contribution in [-0.4, -0.2) is 10.8 Å². The second-order valence-corrected chi connectivity index (χ2v) is 5.75. The average Bonchev–Trinajstić information content (AvgIpc) is 3.01. The number of anilines is 2. The number of rotatable bonds is 3. The van der Waals surface area contributed by atoms with Gasteiger partial charge in [0, 0.05) is 34.4 Å². The predicted octanol–water partition coefficient (Wildman–Crippen LogP) is 4.31. The first kappa shape index (κ1) is 17.1. The number of aryl methyl sites for hydroxylation is 1. The maximum atomic E-state index is 5.85. The Morgan fingerprint density at radius 3 is 2.65 bits per heavy atom. The summed E-state index contributed by atoms with van der Waals surface area (Å²) in [4.78, 5) is 7.67. The molecule has 0 saturated carbocycles. The summed E-state index contributed by atoms with van der Waals surface area (Å²) >= 11 is 0. The first-order valence-electron chi connectivity index (χ1n) is 8.24. The van der Waals surface area contributed by atoms with Gasteiger partial charge in [0.05, 0.1) is 5.69 Å². The van der Waals surface area contributed by atoms with Gasteiger partial charge in [-0.3, -0.25) is 0 Å². The van der Waals surface area contributed by atoms with Crippen LogP contribution in [0.1, 0.15) is 22.5 Å². The number of nitrogens with one attached hydrogen (secondary N) is 2. The topological polar surface area (TPSA) is 66.2 Å². The molecule has 0 aliphatic heterocycles. The minimum absolute atomic E-state index is 0.687. The highest BCUT2D eigenvalue weighted by atomic mass is 15.0. The zero-order chi connectivity index (χ0) is 18.4. The van der Waals surface area contributed by atoms with Crippen molar-refractivity contribution >= 4 is 17.2 Å². The second-order valence-electron chi connectivity index (χ2n) is 5.75. The van der Waals surface area contributed by atoms with Crippen molar-refractivity contribution in [3.63, 3.8) is 0 Å². The van der Waals surface area contributed by atoms with Crippen LogP contribution in [0.3, 0.4) is 0 Å². The molecule has 0 aliphatic rings. The van der Waals surface area contributed by atoms with Crippen molar-refractivity contribution in [3.05, 3.63) is 96.0 Å². The van der Waals surface area contributed by atoms with Crippen LogP contribution in [0.5, 0.6) is 0 Å². The lowest BCUT2D eigenvalue weighted by Crippen LogP contribution is -2.14. The summed E-state index contributed by atoms with van der Waals surface area (Å²) in [5, 5.41) is 3.30. The van der Waals surface area contributed by atoms with Crippen molar-refractivity contribution < 1.29 is 0 Å². The molecule has 0 spiro atoms. The van der Waals surface area contributed by atoms with Crippen LogP contribution >= 0.6 is 0 Å². The highest BCUT2D eigenvalue weighted by Crippen LogP contribution is 2.17. The molecule has 0 fully saturated rings. The Morgan fingerprint density at radius 2 is 1.92 bits per heavy atom. The van der Waals surface area contributed by atoms with Crippen molar-refractivity contribution in [1.82, 2.24) is 4.98 Å². The van der Waals surface area contributed by atoms with Crippen molar-refractivity contribution in [2.24, 2.45) is 4.99 Å². The van der Waals surface area contributed by atoms with Crippen molar-refractivity contribution in [1.29, 1.82) is 0 Å². The van der Waals surface area contributed by atoms with Gasteiger partial charge in [0.25, 0.3) is 0 Å². The molecule has 1 heterocycles. The van der Waals surface area contributed by atoms with E-state index in [4.69, 9.17) is 5.73 Å². The summed E-state index contributed by atoms with van der Waals surface area (Å²) < 4.78 is 0. The van der Waals surface area contributed by atoms with Crippen LogP contribution in [0.2, 0.25) is 0 Å². The summed E-state index contributed by atoms with van der Waals surface area (Å²) in [6, 6.07) is 19.4. The largest absolute Gasteiger partial charge is 0.399 e. The number of aliphatic imine (C=N–C) groups is 1. The third-order valence-corrected chi connectivity index (χ3v) is 3.76. The fourth-order valence-electron chi connectivity index (χ4n) is 2.55. The van der Waals surface area contributed by atoms with E-state index in [9.17, 15) is 0 Å². The Bertz CT molecular complexity index is 1000. The standard InChI is InChI=1S/C22H20N4/c1-3-24-22(26-19-11-7-10-18(23)14-19)21-15-20(25-16(21)2)13-12-17-8-5-4-6-9-17/h3-11,14-15,25H,1,23H2,2H3,(H,24,26). The first-order chi connectivity index (χ1) is 12.7. The van der Waals surface area contributed by atoms with Gasteiger partial charge in [-0.05, 0) is 49.2 Å². The molecular weight excluding hydrogens is 320 g/mol. The van der Waals surface area contributed by atoms with Crippen LogP contribution in [0.4, 0.5) is 11.4 Å². The Labute approximate surface area is 153 Å². The van der Waals surface area contributed by atoms with Crippen LogP contribution < -0.4 is 11.1 Å². The highest BCUT2D eigenvalue weighted by Gasteiger charge is 2.10. The molecule has 4 N–H and O–H groups in total. The number of benzene rings is 2. The molecule has 3 rings (SSSR count). The highest BCUT2D eigenvalue weighted by molar-refractivity contribution is 6.09. The summed E-state index contributed by atoms with van der Waals surface area (Å²) in [6.07, 6.45) is 1.51.